The topological polar surface area (TPSA) is 73.3 Å². The Balaban J connectivity index is 2.56. The second-order valence-electron chi connectivity index (χ2n) is 2.85. The van der Waals surface area contributed by atoms with E-state index in [1.807, 2.05) is 0 Å². The molecule has 15 heavy (non-hydrogen) atoms. The molecule has 0 aliphatic carbocycles. The molecule has 0 spiro atoms. The van der Waals surface area contributed by atoms with Gasteiger partial charge in [-0.05, 0) is 6.92 Å². The van der Waals surface area contributed by atoms with Gasteiger partial charge in [-0.2, -0.15) is 0 Å². The van der Waals surface area contributed by atoms with Crippen LogP contribution in [-0.4, -0.2) is 13.6 Å². The number of halogens is 1. The zero-order chi connectivity index (χ0) is 11.1. The molecule has 0 amide bonds. The molecule has 5 nitrogen and oxygen atoms in total. The van der Waals surface area contributed by atoms with Crippen LogP contribution in [0.5, 0.6) is 0 Å². The van der Waals surface area contributed by atoms with Gasteiger partial charge < -0.3 is 8.94 Å². The van der Waals surface area contributed by atoms with E-state index < -0.39 is 9.05 Å². The summed E-state index contributed by atoms with van der Waals surface area (Å²) >= 11 is 0. The van der Waals surface area contributed by atoms with Crippen molar-refractivity contribution in [3.63, 3.8) is 0 Å². The highest BCUT2D eigenvalue weighted by Gasteiger charge is 2.20. The summed E-state index contributed by atoms with van der Waals surface area (Å²) in [7, 11) is 1.42. The summed E-state index contributed by atoms with van der Waals surface area (Å²) in [6, 6.07) is 2.86. The molecule has 2 rings (SSSR count). The van der Waals surface area contributed by atoms with Gasteiger partial charge in [0, 0.05) is 22.8 Å². The van der Waals surface area contributed by atoms with Crippen molar-refractivity contribution in [3.05, 3.63) is 24.1 Å². The van der Waals surface area contributed by atoms with Crippen molar-refractivity contribution in [2.75, 3.05) is 0 Å². The molecule has 0 fully saturated rings. The van der Waals surface area contributed by atoms with E-state index in [0.29, 0.717) is 5.76 Å². The number of nitrogens with zero attached hydrogens (tertiary/aromatic N) is 1. The van der Waals surface area contributed by atoms with Crippen molar-refractivity contribution in [2.45, 2.75) is 11.8 Å². The lowest BCUT2D eigenvalue weighted by molar-refractivity contribution is 0.415. The number of rotatable bonds is 2. The van der Waals surface area contributed by atoms with Crippen molar-refractivity contribution in [1.29, 1.82) is 0 Å². The van der Waals surface area contributed by atoms with E-state index in [2.05, 4.69) is 5.16 Å². The number of hydrogen-bond donors (Lipinski definition) is 0. The minimum absolute atomic E-state index is 0.0597. The highest BCUT2D eigenvalue weighted by Crippen LogP contribution is 2.29. The van der Waals surface area contributed by atoms with E-state index in [-0.39, 0.29) is 16.4 Å². The van der Waals surface area contributed by atoms with Gasteiger partial charge in [0.2, 0.25) is 5.76 Å². The Hall–Kier alpha value is -1.27. The molecule has 0 radical (unpaired) electrons. The molecule has 0 aliphatic rings. The van der Waals surface area contributed by atoms with E-state index in [1.54, 1.807) is 6.07 Å². The molecular formula is C8H6ClNO4S. The molecule has 7 heteroatoms. The van der Waals surface area contributed by atoms with Gasteiger partial charge in [0.1, 0.15) is 10.7 Å². The van der Waals surface area contributed by atoms with Gasteiger partial charge in [-0.15, -0.1) is 0 Å². The summed E-state index contributed by atoms with van der Waals surface area (Å²) in [6.45, 7) is 1.51. The average Bonchev–Trinajstić information content (AvgIpc) is 2.68. The molecule has 0 bridgehead atoms. The van der Waals surface area contributed by atoms with Crippen LogP contribution in [0.1, 0.15) is 5.76 Å². The van der Waals surface area contributed by atoms with E-state index in [9.17, 15) is 8.42 Å². The second kappa shape index (κ2) is 3.39. The van der Waals surface area contributed by atoms with Gasteiger partial charge >= 0.3 is 0 Å². The highest BCUT2D eigenvalue weighted by molar-refractivity contribution is 8.13. The lowest BCUT2D eigenvalue weighted by atomic mass is 10.3. The van der Waals surface area contributed by atoms with Crippen LogP contribution in [0.2, 0.25) is 0 Å². The van der Waals surface area contributed by atoms with Gasteiger partial charge in [0.15, 0.2) is 5.76 Å². The Morgan fingerprint density at radius 3 is 2.60 bits per heavy atom. The lowest BCUT2D eigenvalue weighted by Gasteiger charge is -1.88. The normalized spacial score (nSPS) is 11.9. The molecule has 0 aromatic carbocycles. The van der Waals surface area contributed by atoms with Gasteiger partial charge in [0.05, 0.1) is 6.20 Å². The first-order chi connectivity index (χ1) is 6.98. The molecular weight excluding hydrogens is 242 g/mol. The maximum absolute atomic E-state index is 11.1. The van der Waals surface area contributed by atoms with Crippen LogP contribution in [0.3, 0.4) is 0 Å². The lowest BCUT2D eigenvalue weighted by Crippen LogP contribution is -1.88. The number of furan rings is 1. The van der Waals surface area contributed by atoms with Gasteiger partial charge in [-0.1, -0.05) is 5.16 Å². The van der Waals surface area contributed by atoms with Crippen LogP contribution in [0.25, 0.3) is 11.5 Å². The fourth-order valence-electron chi connectivity index (χ4n) is 1.17. The van der Waals surface area contributed by atoms with Crippen LogP contribution in [-0.2, 0) is 9.05 Å². The third kappa shape index (κ3) is 1.91. The molecule has 80 valence electrons. The SMILES string of the molecule is Cc1oc(-c2ccno2)cc1S(=O)(=O)Cl. The first-order valence-electron chi connectivity index (χ1n) is 3.94. The van der Waals surface area contributed by atoms with E-state index in [1.165, 1.54) is 19.2 Å². The van der Waals surface area contributed by atoms with E-state index in [4.69, 9.17) is 19.6 Å². The molecule has 0 atom stereocenters. The predicted octanol–water partition coefficient (Wildman–Crippen LogP) is 2.17. The van der Waals surface area contributed by atoms with E-state index in [0.717, 1.165) is 0 Å². The minimum Gasteiger partial charge on any atom is -0.457 e. The van der Waals surface area contributed by atoms with Crippen molar-refractivity contribution < 1.29 is 17.4 Å². The Kier molecular flexibility index (Phi) is 2.32. The first kappa shape index (κ1) is 10.3. The van der Waals surface area contributed by atoms with Crippen LogP contribution in [0.15, 0.2) is 32.2 Å². The Bertz CT molecular complexity index is 570. The molecule has 2 heterocycles. The first-order valence-corrected chi connectivity index (χ1v) is 6.25. The van der Waals surface area contributed by atoms with Gasteiger partial charge in [-0.3, -0.25) is 0 Å². The fourth-order valence-corrected chi connectivity index (χ4v) is 2.26. The van der Waals surface area contributed by atoms with Crippen molar-refractivity contribution in [1.82, 2.24) is 5.16 Å². The summed E-state index contributed by atoms with van der Waals surface area (Å²) in [4.78, 5) is -0.0597. The second-order valence-corrected chi connectivity index (χ2v) is 5.38. The van der Waals surface area contributed by atoms with Gasteiger partial charge in [0.25, 0.3) is 9.05 Å². The molecule has 0 N–H and O–H groups in total. The highest BCUT2D eigenvalue weighted by atomic mass is 35.7. The van der Waals surface area contributed by atoms with Crippen LogP contribution in [0, 0.1) is 6.92 Å². The van der Waals surface area contributed by atoms with E-state index >= 15 is 0 Å². The predicted molar refractivity (Wildman–Crippen MR) is 52.0 cm³/mol. The van der Waals surface area contributed by atoms with Crippen LogP contribution >= 0.6 is 10.7 Å². The average molecular weight is 248 g/mol. The molecule has 0 unspecified atom stereocenters. The van der Waals surface area contributed by atoms with Crippen LogP contribution in [0.4, 0.5) is 0 Å². The summed E-state index contributed by atoms with van der Waals surface area (Å²) in [5.74, 6) is 0.852. The van der Waals surface area contributed by atoms with Crippen molar-refractivity contribution in [2.24, 2.45) is 0 Å². The Morgan fingerprint density at radius 1 is 1.40 bits per heavy atom. The molecule has 0 saturated carbocycles. The Morgan fingerprint density at radius 2 is 2.13 bits per heavy atom. The Labute approximate surface area is 90.0 Å². The number of aryl methyl sites for hydroxylation is 1. The van der Waals surface area contributed by atoms with Crippen molar-refractivity contribution in [3.8, 4) is 11.5 Å². The maximum Gasteiger partial charge on any atom is 0.264 e. The third-order valence-corrected chi connectivity index (χ3v) is 3.24. The molecule has 2 aromatic heterocycles. The monoisotopic (exact) mass is 247 g/mol. The van der Waals surface area contributed by atoms with Crippen LogP contribution < -0.4 is 0 Å². The quantitative estimate of drug-likeness (QED) is 0.761. The fraction of sp³-hybridized carbons (Fsp3) is 0.125. The zero-order valence-corrected chi connectivity index (χ0v) is 9.17. The third-order valence-electron chi connectivity index (χ3n) is 1.82. The minimum atomic E-state index is -3.79. The number of hydrogen-bond acceptors (Lipinski definition) is 5. The largest absolute Gasteiger partial charge is 0.457 e. The maximum atomic E-state index is 11.1. The summed E-state index contributed by atoms with van der Waals surface area (Å²) < 4.78 is 32.2. The number of aromatic nitrogens is 1. The summed E-state index contributed by atoms with van der Waals surface area (Å²) in [5.41, 5.74) is 0. The molecule has 0 aliphatic heterocycles. The summed E-state index contributed by atoms with van der Waals surface area (Å²) in [5, 5.41) is 3.48. The zero-order valence-electron chi connectivity index (χ0n) is 7.60. The van der Waals surface area contributed by atoms with Crippen molar-refractivity contribution >= 4 is 19.7 Å². The standard InChI is InChI=1S/C8H6ClNO4S/c1-5-8(15(9,11)12)4-7(13-5)6-2-3-10-14-6/h2-4H,1H3. The molecule has 2 aromatic rings. The smallest absolute Gasteiger partial charge is 0.264 e. The van der Waals surface area contributed by atoms with Gasteiger partial charge in [-0.25, -0.2) is 8.42 Å². The summed E-state index contributed by atoms with van der Waals surface area (Å²) in [6.07, 6.45) is 1.43. The molecule has 0 saturated heterocycles.